The Balaban J connectivity index is 0.00000162. The van der Waals surface area contributed by atoms with Gasteiger partial charge in [0, 0.05) is 11.4 Å². The first kappa shape index (κ1) is 14.7. The van der Waals surface area contributed by atoms with Gasteiger partial charge in [0.1, 0.15) is 17.0 Å². The van der Waals surface area contributed by atoms with E-state index < -0.39 is 5.97 Å². The molecule has 0 aliphatic heterocycles. The molecule has 2 heterocycles. The number of hydrogen-bond acceptors (Lipinski definition) is 5. The molecule has 98 valence electrons. The minimum Gasteiger partial charge on any atom is -0.481 e. The van der Waals surface area contributed by atoms with Crippen LogP contribution in [0.3, 0.4) is 0 Å². The largest absolute Gasteiger partial charge is 0.481 e. The molecular weight excluding hydrogens is 274 g/mol. The fourth-order valence-electron chi connectivity index (χ4n) is 1.51. The first-order valence-corrected chi connectivity index (χ1v) is 6.21. The molecule has 7 heteroatoms. The maximum absolute atomic E-state index is 10.4. The highest BCUT2D eigenvalue weighted by Crippen LogP contribution is 2.28. The molecule has 0 amide bonds. The number of rotatable bonds is 5. The minimum absolute atomic E-state index is 0. The quantitative estimate of drug-likeness (QED) is 0.884. The van der Waals surface area contributed by atoms with E-state index in [9.17, 15) is 4.79 Å². The topological polar surface area (TPSA) is 75.1 Å². The zero-order chi connectivity index (χ0) is 12.3. The van der Waals surface area contributed by atoms with Crippen molar-refractivity contribution in [2.75, 3.05) is 11.9 Å². The van der Waals surface area contributed by atoms with Crippen molar-refractivity contribution in [3.05, 3.63) is 17.3 Å². The van der Waals surface area contributed by atoms with E-state index >= 15 is 0 Å². The van der Waals surface area contributed by atoms with Crippen LogP contribution in [-0.4, -0.2) is 27.6 Å². The average molecular weight is 288 g/mol. The van der Waals surface area contributed by atoms with Gasteiger partial charge in [0.15, 0.2) is 0 Å². The second-order valence-corrected chi connectivity index (χ2v) is 4.69. The molecule has 0 fully saturated rings. The van der Waals surface area contributed by atoms with E-state index in [2.05, 4.69) is 28.3 Å². The average Bonchev–Trinajstić information content (AvgIpc) is 2.72. The van der Waals surface area contributed by atoms with Gasteiger partial charge in [0.05, 0.1) is 11.8 Å². The van der Waals surface area contributed by atoms with Crippen molar-refractivity contribution in [2.24, 2.45) is 0 Å². The fraction of sp³-hybridized carbons (Fsp3) is 0.364. The number of carboxylic acid groups (broad SMARTS) is 1. The Morgan fingerprint density at radius 3 is 2.94 bits per heavy atom. The third-order valence-electron chi connectivity index (χ3n) is 2.36. The summed E-state index contributed by atoms with van der Waals surface area (Å²) in [7, 11) is 0. The maximum Gasteiger partial charge on any atom is 0.305 e. The molecule has 18 heavy (non-hydrogen) atoms. The van der Waals surface area contributed by atoms with Crippen molar-refractivity contribution in [1.29, 1.82) is 0 Å². The SMILES string of the molecule is CCc1cc2c(NCCC(=O)O)ncnc2s1.Cl. The van der Waals surface area contributed by atoms with E-state index in [0.29, 0.717) is 12.4 Å². The van der Waals surface area contributed by atoms with E-state index in [-0.39, 0.29) is 18.8 Å². The lowest BCUT2D eigenvalue weighted by Crippen LogP contribution is -2.08. The van der Waals surface area contributed by atoms with E-state index in [0.717, 1.165) is 16.6 Å². The summed E-state index contributed by atoms with van der Waals surface area (Å²) < 4.78 is 0. The van der Waals surface area contributed by atoms with Crippen LogP contribution in [-0.2, 0) is 11.2 Å². The normalized spacial score (nSPS) is 10.1. The van der Waals surface area contributed by atoms with Gasteiger partial charge in [-0.05, 0) is 12.5 Å². The summed E-state index contributed by atoms with van der Waals surface area (Å²) in [6.07, 6.45) is 2.55. The Hall–Kier alpha value is -1.40. The van der Waals surface area contributed by atoms with Crippen LogP contribution in [0.5, 0.6) is 0 Å². The van der Waals surface area contributed by atoms with Crippen molar-refractivity contribution in [3.63, 3.8) is 0 Å². The molecule has 2 rings (SSSR count). The number of nitrogens with one attached hydrogen (secondary N) is 1. The number of anilines is 1. The number of aryl methyl sites for hydroxylation is 1. The predicted molar refractivity (Wildman–Crippen MR) is 74.8 cm³/mol. The lowest BCUT2D eigenvalue weighted by molar-refractivity contribution is -0.136. The van der Waals surface area contributed by atoms with Crippen molar-refractivity contribution >= 4 is 45.7 Å². The zero-order valence-corrected chi connectivity index (χ0v) is 11.5. The van der Waals surface area contributed by atoms with Crippen LogP contribution in [0.1, 0.15) is 18.2 Å². The van der Waals surface area contributed by atoms with Crippen LogP contribution in [0.2, 0.25) is 0 Å². The molecular formula is C11H14ClN3O2S. The van der Waals surface area contributed by atoms with Gasteiger partial charge < -0.3 is 10.4 Å². The smallest absolute Gasteiger partial charge is 0.305 e. The third kappa shape index (κ3) is 3.30. The summed E-state index contributed by atoms with van der Waals surface area (Å²) in [6.45, 7) is 2.47. The Bertz CT molecular complexity index is 544. The number of halogens is 1. The van der Waals surface area contributed by atoms with Gasteiger partial charge in [-0.25, -0.2) is 9.97 Å². The van der Waals surface area contributed by atoms with Crippen LogP contribution in [0, 0.1) is 0 Å². The standard InChI is InChI=1S/C11H13N3O2S.ClH/c1-2-7-5-8-10(12-4-3-9(15)16)13-6-14-11(8)17-7;/h5-6H,2-4H2,1H3,(H,15,16)(H,12,13,14);1H. The molecule has 0 saturated heterocycles. The number of nitrogens with zero attached hydrogens (tertiary/aromatic N) is 2. The fourth-order valence-corrected chi connectivity index (χ4v) is 2.44. The van der Waals surface area contributed by atoms with E-state index in [4.69, 9.17) is 5.11 Å². The summed E-state index contributed by atoms with van der Waals surface area (Å²) in [5, 5.41) is 12.6. The van der Waals surface area contributed by atoms with Gasteiger partial charge in [0.2, 0.25) is 0 Å². The molecule has 2 aromatic rings. The molecule has 0 atom stereocenters. The Labute approximate surface area is 115 Å². The zero-order valence-electron chi connectivity index (χ0n) is 9.84. The van der Waals surface area contributed by atoms with Crippen LogP contribution in [0.15, 0.2) is 12.4 Å². The molecule has 0 aliphatic carbocycles. The van der Waals surface area contributed by atoms with Crippen molar-refractivity contribution in [2.45, 2.75) is 19.8 Å². The number of carbonyl (C=O) groups is 1. The molecule has 2 aromatic heterocycles. The molecule has 0 unspecified atom stereocenters. The predicted octanol–water partition coefficient (Wildman–Crippen LogP) is 2.56. The van der Waals surface area contributed by atoms with Crippen LogP contribution in [0.25, 0.3) is 10.2 Å². The third-order valence-corrected chi connectivity index (χ3v) is 3.55. The number of carboxylic acids is 1. The van der Waals surface area contributed by atoms with E-state index in [1.807, 2.05) is 0 Å². The number of hydrogen-bond donors (Lipinski definition) is 2. The number of thiophene rings is 1. The van der Waals surface area contributed by atoms with Crippen molar-refractivity contribution < 1.29 is 9.90 Å². The second kappa shape index (κ2) is 6.51. The summed E-state index contributed by atoms with van der Waals surface area (Å²) in [5.74, 6) is -0.102. The molecule has 5 nitrogen and oxygen atoms in total. The summed E-state index contributed by atoms with van der Waals surface area (Å²) in [5.41, 5.74) is 0. The van der Waals surface area contributed by atoms with E-state index in [1.165, 1.54) is 11.2 Å². The van der Waals surface area contributed by atoms with Gasteiger partial charge in [-0.2, -0.15) is 0 Å². The van der Waals surface area contributed by atoms with Gasteiger partial charge in [0.25, 0.3) is 0 Å². The first-order valence-electron chi connectivity index (χ1n) is 5.39. The molecule has 0 saturated carbocycles. The monoisotopic (exact) mass is 287 g/mol. The summed E-state index contributed by atoms with van der Waals surface area (Å²) in [4.78, 5) is 21.0. The highest BCUT2D eigenvalue weighted by molar-refractivity contribution is 7.18. The van der Waals surface area contributed by atoms with Gasteiger partial charge >= 0.3 is 5.97 Å². The number of fused-ring (bicyclic) bond motifs is 1. The Morgan fingerprint density at radius 2 is 2.28 bits per heavy atom. The molecule has 0 aliphatic rings. The maximum atomic E-state index is 10.4. The van der Waals surface area contributed by atoms with E-state index in [1.54, 1.807) is 11.3 Å². The minimum atomic E-state index is -0.817. The Morgan fingerprint density at radius 1 is 1.50 bits per heavy atom. The van der Waals surface area contributed by atoms with Gasteiger partial charge in [-0.3, -0.25) is 4.79 Å². The van der Waals surface area contributed by atoms with Crippen molar-refractivity contribution in [1.82, 2.24) is 9.97 Å². The first-order chi connectivity index (χ1) is 8.20. The summed E-state index contributed by atoms with van der Waals surface area (Å²) in [6, 6.07) is 2.06. The Kier molecular flexibility index (Phi) is 5.30. The number of aliphatic carboxylic acids is 1. The summed E-state index contributed by atoms with van der Waals surface area (Å²) >= 11 is 1.64. The lowest BCUT2D eigenvalue weighted by Gasteiger charge is -2.03. The van der Waals surface area contributed by atoms with Crippen LogP contribution >= 0.6 is 23.7 Å². The highest BCUT2D eigenvalue weighted by Gasteiger charge is 2.07. The lowest BCUT2D eigenvalue weighted by atomic mass is 10.3. The van der Waals surface area contributed by atoms with Crippen LogP contribution in [0.4, 0.5) is 5.82 Å². The molecule has 0 bridgehead atoms. The number of aromatic nitrogens is 2. The molecule has 2 N–H and O–H groups in total. The van der Waals surface area contributed by atoms with Crippen molar-refractivity contribution in [3.8, 4) is 0 Å². The molecule has 0 spiro atoms. The molecule has 0 radical (unpaired) electrons. The highest BCUT2D eigenvalue weighted by atomic mass is 35.5. The van der Waals surface area contributed by atoms with Gasteiger partial charge in [-0.1, -0.05) is 6.92 Å². The second-order valence-electron chi connectivity index (χ2n) is 3.58. The van der Waals surface area contributed by atoms with Crippen LogP contribution < -0.4 is 5.32 Å². The van der Waals surface area contributed by atoms with Gasteiger partial charge in [-0.15, -0.1) is 23.7 Å². The molecule has 0 aromatic carbocycles.